The van der Waals surface area contributed by atoms with Crippen molar-refractivity contribution in [3.63, 3.8) is 0 Å². The summed E-state index contributed by atoms with van der Waals surface area (Å²) >= 11 is 0. The van der Waals surface area contributed by atoms with E-state index in [0.29, 0.717) is 5.69 Å². The van der Waals surface area contributed by atoms with E-state index >= 15 is 0 Å². The number of amides is 1. The van der Waals surface area contributed by atoms with E-state index in [1.54, 1.807) is 0 Å². The van der Waals surface area contributed by atoms with Crippen molar-refractivity contribution in [3.8, 4) is 0 Å². The van der Waals surface area contributed by atoms with Gasteiger partial charge in [0.2, 0.25) is 5.91 Å². The maximum Gasteiger partial charge on any atom is 0.229 e. The smallest absolute Gasteiger partial charge is 0.229 e. The van der Waals surface area contributed by atoms with Crippen LogP contribution in [-0.4, -0.2) is 10.9 Å². The van der Waals surface area contributed by atoms with Crippen LogP contribution < -0.4 is 5.73 Å². The molecule has 2 N–H and O–H groups in total. The fourth-order valence-corrected chi connectivity index (χ4v) is 1.20. The van der Waals surface area contributed by atoms with E-state index in [1.807, 2.05) is 0 Å². The lowest BCUT2D eigenvalue weighted by Crippen LogP contribution is -2.28. The number of primary amides is 1. The number of oxazole rings is 1. The Bertz CT molecular complexity index is 275. The summed E-state index contributed by atoms with van der Waals surface area (Å²) in [5, 5.41) is 0. The van der Waals surface area contributed by atoms with Crippen molar-refractivity contribution in [2.75, 3.05) is 0 Å². The first-order valence-corrected chi connectivity index (χ1v) is 3.44. The second kappa shape index (κ2) is 1.84. The van der Waals surface area contributed by atoms with Crippen molar-refractivity contribution in [3.05, 3.63) is 18.4 Å². The number of rotatable bonds is 2. The molecule has 1 aromatic rings. The number of hydrogen-bond acceptors (Lipinski definition) is 3. The van der Waals surface area contributed by atoms with Crippen LogP contribution in [0, 0.1) is 0 Å². The molecular weight excluding hydrogens is 144 g/mol. The summed E-state index contributed by atoms with van der Waals surface area (Å²) in [6, 6.07) is 0. The van der Waals surface area contributed by atoms with Gasteiger partial charge in [-0.1, -0.05) is 0 Å². The Morgan fingerprint density at radius 2 is 2.45 bits per heavy atom. The van der Waals surface area contributed by atoms with E-state index in [4.69, 9.17) is 10.2 Å². The van der Waals surface area contributed by atoms with E-state index in [2.05, 4.69) is 4.98 Å². The van der Waals surface area contributed by atoms with Crippen molar-refractivity contribution in [2.45, 2.75) is 18.3 Å². The lowest BCUT2D eigenvalue weighted by Gasteiger charge is -2.03. The fraction of sp³-hybridized carbons (Fsp3) is 0.429. The monoisotopic (exact) mass is 152 g/mol. The average Bonchev–Trinajstić information content (AvgIpc) is 2.61. The number of carbonyl (C=O) groups is 1. The lowest BCUT2D eigenvalue weighted by molar-refractivity contribution is -0.120. The van der Waals surface area contributed by atoms with Gasteiger partial charge in [-0.05, 0) is 12.8 Å². The van der Waals surface area contributed by atoms with Gasteiger partial charge in [-0.25, -0.2) is 4.98 Å². The Morgan fingerprint density at radius 3 is 2.82 bits per heavy atom. The van der Waals surface area contributed by atoms with Gasteiger partial charge in [-0.2, -0.15) is 0 Å². The van der Waals surface area contributed by atoms with Gasteiger partial charge < -0.3 is 10.2 Å². The van der Waals surface area contributed by atoms with E-state index in [9.17, 15) is 4.79 Å². The maximum atomic E-state index is 10.9. The predicted molar refractivity (Wildman–Crippen MR) is 36.6 cm³/mol. The largest absolute Gasteiger partial charge is 0.451 e. The van der Waals surface area contributed by atoms with Crippen molar-refractivity contribution in [1.29, 1.82) is 0 Å². The highest BCUT2D eigenvalue weighted by Gasteiger charge is 2.52. The molecule has 1 aromatic heterocycles. The van der Waals surface area contributed by atoms with Crippen LogP contribution in [-0.2, 0) is 10.2 Å². The molecule has 0 bridgehead atoms. The molecule has 4 heteroatoms. The van der Waals surface area contributed by atoms with Gasteiger partial charge in [0.1, 0.15) is 6.26 Å². The van der Waals surface area contributed by atoms with Crippen molar-refractivity contribution in [2.24, 2.45) is 5.73 Å². The molecule has 0 unspecified atom stereocenters. The first-order chi connectivity index (χ1) is 5.26. The number of nitrogens with zero attached hydrogens (tertiary/aromatic N) is 1. The highest BCUT2D eigenvalue weighted by Crippen LogP contribution is 2.46. The minimum absolute atomic E-state index is 0.300. The molecule has 1 heterocycles. The Morgan fingerprint density at radius 1 is 1.73 bits per heavy atom. The van der Waals surface area contributed by atoms with E-state index in [-0.39, 0.29) is 5.91 Å². The zero-order valence-corrected chi connectivity index (χ0v) is 5.91. The first kappa shape index (κ1) is 6.39. The molecular formula is C7H8N2O2. The van der Waals surface area contributed by atoms with Crippen LogP contribution in [0.25, 0.3) is 0 Å². The molecule has 0 radical (unpaired) electrons. The zero-order valence-electron chi connectivity index (χ0n) is 5.91. The van der Waals surface area contributed by atoms with Gasteiger partial charge in [-0.3, -0.25) is 4.79 Å². The van der Waals surface area contributed by atoms with Crippen LogP contribution in [0.3, 0.4) is 0 Å². The van der Waals surface area contributed by atoms with E-state index in [0.717, 1.165) is 12.8 Å². The van der Waals surface area contributed by atoms with Crippen LogP contribution in [0.1, 0.15) is 18.5 Å². The third kappa shape index (κ3) is 0.753. The van der Waals surface area contributed by atoms with Crippen LogP contribution in [0.2, 0.25) is 0 Å². The number of carbonyl (C=O) groups excluding carboxylic acids is 1. The van der Waals surface area contributed by atoms with Crippen LogP contribution in [0.5, 0.6) is 0 Å². The third-order valence-corrected chi connectivity index (χ3v) is 2.14. The van der Waals surface area contributed by atoms with E-state index in [1.165, 1.54) is 12.7 Å². The second-order valence-corrected chi connectivity index (χ2v) is 2.82. The summed E-state index contributed by atoms with van der Waals surface area (Å²) in [5.74, 6) is -0.300. The molecule has 1 saturated carbocycles. The molecule has 1 amide bonds. The number of nitrogens with two attached hydrogens (primary N) is 1. The summed E-state index contributed by atoms with van der Waals surface area (Å²) in [4.78, 5) is 14.8. The molecule has 58 valence electrons. The van der Waals surface area contributed by atoms with E-state index < -0.39 is 5.41 Å². The van der Waals surface area contributed by atoms with Gasteiger partial charge in [0.25, 0.3) is 0 Å². The fourth-order valence-electron chi connectivity index (χ4n) is 1.20. The van der Waals surface area contributed by atoms with Gasteiger partial charge >= 0.3 is 0 Å². The first-order valence-electron chi connectivity index (χ1n) is 3.44. The number of hydrogen-bond donors (Lipinski definition) is 1. The minimum Gasteiger partial charge on any atom is -0.451 e. The highest BCUT2D eigenvalue weighted by molar-refractivity contribution is 5.89. The molecule has 11 heavy (non-hydrogen) atoms. The Hall–Kier alpha value is -1.32. The molecule has 0 atom stereocenters. The maximum absolute atomic E-state index is 10.9. The SMILES string of the molecule is NC(=O)C1(c2cocn2)CC1. The van der Waals surface area contributed by atoms with Crippen LogP contribution in [0.15, 0.2) is 17.1 Å². The summed E-state index contributed by atoms with van der Waals surface area (Å²) in [7, 11) is 0. The summed E-state index contributed by atoms with van der Waals surface area (Å²) < 4.78 is 4.77. The molecule has 0 aromatic carbocycles. The summed E-state index contributed by atoms with van der Waals surface area (Å²) in [5.41, 5.74) is 5.38. The normalized spacial score (nSPS) is 19.6. The van der Waals surface area contributed by atoms with Crippen LogP contribution in [0.4, 0.5) is 0 Å². The van der Waals surface area contributed by atoms with Gasteiger partial charge in [0, 0.05) is 0 Å². The Labute approximate surface area is 63.4 Å². The lowest BCUT2D eigenvalue weighted by atomic mass is 10.0. The zero-order chi connectivity index (χ0) is 7.90. The Balaban J connectivity index is 2.36. The Kier molecular flexibility index (Phi) is 1.07. The van der Waals surface area contributed by atoms with Crippen LogP contribution >= 0.6 is 0 Å². The van der Waals surface area contributed by atoms with Gasteiger partial charge in [0.15, 0.2) is 6.39 Å². The average molecular weight is 152 g/mol. The second-order valence-electron chi connectivity index (χ2n) is 2.82. The topological polar surface area (TPSA) is 69.1 Å². The molecule has 0 aliphatic heterocycles. The molecule has 0 spiro atoms. The third-order valence-electron chi connectivity index (χ3n) is 2.14. The summed E-state index contributed by atoms with van der Waals surface area (Å²) in [6.07, 6.45) is 4.40. The van der Waals surface area contributed by atoms with Crippen molar-refractivity contribution in [1.82, 2.24) is 4.98 Å². The predicted octanol–water partition coefficient (Wildman–Crippen LogP) is 0.191. The molecule has 1 aliphatic carbocycles. The molecule has 2 rings (SSSR count). The number of aromatic nitrogens is 1. The molecule has 4 nitrogen and oxygen atoms in total. The van der Waals surface area contributed by atoms with Gasteiger partial charge in [-0.15, -0.1) is 0 Å². The quantitative estimate of drug-likeness (QED) is 0.657. The van der Waals surface area contributed by atoms with Crippen molar-refractivity contribution >= 4 is 5.91 Å². The summed E-state index contributed by atoms with van der Waals surface area (Å²) in [6.45, 7) is 0. The molecule has 1 aliphatic rings. The van der Waals surface area contributed by atoms with Crippen molar-refractivity contribution < 1.29 is 9.21 Å². The molecule has 1 fully saturated rings. The minimum atomic E-state index is -0.493. The molecule has 0 saturated heterocycles. The highest BCUT2D eigenvalue weighted by atomic mass is 16.3. The standard InChI is InChI=1S/C7H8N2O2/c8-6(10)7(1-2-7)5-3-11-4-9-5/h3-4H,1-2H2,(H2,8,10). The van der Waals surface area contributed by atoms with Gasteiger partial charge in [0.05, 0.1) is 11.1 Å².